The van der Waals surface area contributed by atoms with Crippen molar-refractivity contribution in [3.05, 3.63) is 23.3 Å². The molecule has 1 saturated carbocycles. The molecule has 3 rings (SSSR count). The fourth-order valence-corrected chi connectivity index (χ4v) is 2.62. The lowest BCUT2D eigenvalue weighted by atomic mass is 9.91. The van der Waals surface area contributed by atoms with E-state index in [1.54, 1.807) is 0 Å². The lowest BCUT2D eigenvalue weighted by molar-refractivity contribution is 0.297. The van der Waals surface area contributed by atoms with Gasteiger partial charge in [-0.05, 0) is 43.0 Å². The second-order valence-corrected chi connectivity index (χ2v) is 5.15. The predicted octanol–water partition coefficient (Wildman–Crippen LogP) is 2.15. The maximum atomic E-state index is 5.90. The van der Waals surface area contributed by atoms with Crippen molar-refractivity contribution in [2.45, 2.75) is 31.6 Å². The van der Waals surface area contributed by atoms with Gasteiger partial charge in [-0.15, -0.1) is 0 Å². The molecule has 92 valence electrons. The topological polar surface area (TPSA) is 44.5 Å². The van der Waals surface area contributed by atoms with Crippen molar-refractivity contribution in [1.82, 2.24) is 0 Å². The molecule has 1 aromatic rings. The van der Waals surface area contributed by atoms with Crippen molar-refractivity contribution in [1.29, 1.82) is 0 Å². The number of benzene rings is 1. The van der Waals surface area contributed by atoms with Gasteiger partial charge in [-0.2, -0.15) is 0 Å². The molecule has 3 heteroatoms. The predicted molar refractivity (Wildman–Crippen MR) is 66.8 cm³/mol. The van der Waals surface area contributed by atoms with Crippen molar-refractivity contribution in [3.63, 3.8) is 0 Å². The van der Waals surface area contributed by atoms with Crippen LogP contribution in [0.25, 0.3) is 0 Å². The number of nitrogens with two attached hydrogens (primary N) is 1. The molecule has 0 saturated heterocycles. The monoisotopic (exact) mass is 233 g/mol. The molecule has 3 nitrogen and oxygen atoms in total. The van der Waals surface area contributed by atoms with Crippen LogP contribution in [0.5, 0.6) is 11.5 Å². The average Bonchev–Trinajstić information content (AvgIpc) is 3.12. The number of fused-ring (bicyclic) bond motifs is 1. The molecule has 2 N–H and O–H groups in total. The normalized spacial score (nSPS) is 20.8. The fraction of sp³-hybridized carbons (Fsp3) is 0.571. The highest BCUT2D eigenvalue weighted by Gasteiger charge is 2.44. The van der Waals surface area contributed by atoms with Crippen LogP contribution in [0.15, 0.2) is 12.1 Å². The Hall–Kier alpha value is -1.22. The number of rotatable bonds is 2. The van der Waals surface area contributed by atoms with E-state index in [1.165, 1.54) is 24.0 Å². The molecule has 2 aliphatic rings. The summed E-state index contributed by atoms with van der Waals surface area (Å²) in [6.07, 6.45) is 3.35. The summed E-state index contributed by atoms with van der Waals surface area (Å²) in [5.74, 6) is 1.78. The zero-order chi connectivity index (χ0) is 11.9. The first-order valence-electron chi connectivity index (χ1n) is 6.36. The highest BCUT2D eigenvalue weighted by atomic mass is 16.5. The molecule has 1 heterocycles. The lowest BCUT2D eigenvalue weighted by Crippen LogP contribution is -2.20. The summed E-state index contributed by atoms with van der Waals surface area (Å²) in [6, 6.07) is 4.25. The lowest BCUT2D eigenvalue weighted by Gasteiger charge is -2.18. The molecule has 0 bridgehead atoms. The van der Waals surface area contributed by atoms with Gasteiger partial charge in [-0.25, -0.2) is 0 Å². The Labute approximate surface area is 102 Å². The van der Waals surface area contributed by atoms with Gasteiger partial charge in [0, 0.05) is 18.4 Å². The molecule has 17 heavy (non-hydrogen) atoms. The zero-order valence-corrected chi connectivity index (χ0v) is 10.3. The van der Waals surface area contributed by atoms with Gasteiger partial charge in [0.15, 0.2) is 11.5 Å². The average molecular weight is 233 g/mol. The van der Waals surface area contributed by atoms with Crippen LogP contribution in [-0.2, 0) is 5.41 Å². The van der Waals surface area contributed by atoms with Crippen LogP contribution in [0.1, 0.15) is 30.4 Å². The second-order valence-electron chi connectivity index (χ2n) is 5.15. The van der Waals surface area contributed by atoms with Gasteiger partial charge in [-0.3, -0.25) is 0 Å². The third-order valence-electron chi connectivity index (χ3n) is 3.91. The SMILES string of the molecule is Cc1cc2c(cc1C1(CN)CC1)OCCCO2. The van der Waals surface area contributed by atoms with Crippen LogP contribution in [0.3, 0.4) is 0 Å². The smallest absolute Gasteiger partial charge is 0.161 e. The highest BCUT2D eigenvalue weighted by Crippen LogP contribution is 2.50. The zero-order valence-electron chi connectivity index (χ0n) is 10.3. The molecule has 0 amide bonds. The van der Waals surface area contributed by atoms with Gasteiger partial charge in [0.2, 0.25) is 0 Å². The molecule has 0 unspecified atom stereocenters. The van der Waals surface area contributed by atoms with E-state index in [1.807, 2.05) is 0 Å². The van der Waals surface area contributed by atoms with Gasteiger partial charge in [0.1, 0.15) is 0 Å². The van der Waals surface area contributed by atoms with Crippen LogP contribution in [0.2, 0.25) is 0 Å². The molecule has 0 spiro atoms. The molecular weight excluding hydrogens is 214 g/mol. The van der Waals surface area contributed by atoms with Crippen LogP contribution in [0.4, 0.5) is 0 Å². The maximum absolute atomic E-state index is 5.90. The first kappa shape index (κ1) is 10.9. The van der Waals surface area contributed by atoms with E-state index >= 15 is 0 Å². The Balaban J connectivity index is 2.03. The van der Waals surface area contributed by atoms with Crippen molar-refractivity contribution in [3.8, 4) is 11.5 Å². The Bertz CT molecular complexity index is 438. The first-order chi connectivity index (χ1) is 8.25. The van der Waals surface area contributed by atoms with Crippen LogP contribution < -0.4 is 15.2 Å². The number of hydrogen-bond donors (Lipinski definition) is 1. The summed E-state index contributed by atoms with van der Waals surface area (Å²) in [4.78, 5) is 0. The molecule has 0 radical (unpaired) electrons. The van der Waals surface area contributed by atoms with Gasteiger partial charge >= 0.3 is 0 Å². The van der Waals surface area contributed by atoms with Gasteiger partial charge in [0.25, 0.3) is 0 Å². The Morgan fingerprint density at radius 1 is 1.18 bits per heavy atom. The van der Waals surface area contributed by atoms with E-state index in [9.17, 15) is 0 Å². The summed E-state index contributed by atoms with van der Waals surface area (Å²) in [5.41, 5.74) is 8.75. The summed E-state index contributed by atoms with van der Waals surface area (Å²) >= 11 is 0. The Kier molecular flexibility index (Phi) is 2.51. The minimum Gasteiger partial charge on any atom is -0.490 e. The van der Waals surface area contributed by atoms with Crippen LogP contribution >= 0.6 is 0 Å². The molecule has 1 aromatic carbocycles. The molecular formula is C14H19NO2. The number of aryl methyl sites for hydroxylation is 1. The largest absolute Gasteiger partial charge is 0.490 e. The van der Waals surface area contributed by atoms with Gasteiger partial charge in [-0.1, -0.05) is 0 Å². The summed E-state index contributed by atoms with van der Waals surface area (Å²) < 4.78 is 11.4. The van der Waals surface area contributed by atoms with Crippen molar-refractivity contribution >= 4 is 0 Å². The third kappa shape index (κ3) is 1.78. The molecule has 1 aliphatic carbocycles. The van der Waals surface area contributed by atoms with E-state index in [-0.39, 0.29) is 5.41 Å². The minimum absolute atomic E-state index is 0.217. The summed E-state index contributed by atoms with van der Waals surface area (Å²) in [7, 11) is 0. The Morgan fingerprint density at radius 2 is 1.82 bits per heavy atom. The molecule has 1 fully saturated rings. The molecule has 0 aromatic heterocycles. The van der Waals surface area contributed by atoms with Gasteiger partial charge < -0.3 is 15.2 Å². The highest BCUT2D eigenvalue weighted by molar-refractivity contribution is 5.51. The van der Waals surface area contributed by atoms with E-state index in [0.29, 0.717) is 0 Å². The molecule has 0 atom stereocenters. The second kappa shape index (κ2) is 3.91. The summed E-state index contributed by atoms with van der Waals surface area (Å²) in [6.45, 7) is 4.35. The summed E-state index contributed by atoms with van der Waals surface area (Å²) in [5, 5.41) is 0. The third-order valence-corrected chi connectivity index (χ3v) is 3.91. The fourth-order valence-electron chi connectivity index (χ4n) is 2.62. The van der Waals surface area contributed by atoms with E-state index in [4.69, 9.17) is 15.2 Å². The number of ether oxygens (including phenoxy) is 2. The standard InChI is InChI=1S/C14H19NO2/c1-10-7-12-13(17-6-2-5-16-12)8-11(10)14(9-15)3-4-14/h7-8H,2-6,9,15H2,1H3. The van der Waals surface area contributed by atoms with Crippen LogP contribution in [-0.4, -0.2) is 19.8 Å². The quantitative estimate of drug-likeness (QED) is 0.851. The van der Waals surface area contributed by atoms with E-state index < -0.39 is 0 Å². The van der Waals surface area contributed by atoms with Crippen molar-refractivity contribution in [2.24, 2.45) is 5.73 Å². The number of hydrogen-bond acceptors (Lipinski definition) is 3. The van der Waals surface area contributed by atoms with Gasteiger partial charge in [0.05, 0.1) is 13.2 Å². The van der Waals surface area contributed by atoms with Crippen molar-refractivity contribution in [2.75, 3.05) is 19.8 Å². The Morgan fingerprint density at radius 3 is 2.41 bits per heavy atom. The van der Waals surface area contributed by atoms with E-state index in [2.05, 4.69) is 19.1 Å². The maximum Gasteiger partial charge on any atom is 0.161 e. The van der Waals surface area contributed by atoms with E-state index in [0.717, 1.165) is 37.7 Å². The van der Waals surface area contributed by atoms with Crippen molar-refractivity contribution < 1.29 is 9.47 Å². The minimum atomic E-state index is 0.217. The molecule has 1 aliphatic heterocycles. The van der Waals surface area contributed by atoms with Crippen LogP contribution in [0, 0.1) is 6.92 Å². The first-order valence-corrected chi connectivity index (χ1v) is 6.36.